The van der Waals surface area contributed by atoms with Gasteiger partial charge in [-0.1, -0.05) is 89.4 Å². The first kappa shape index (κ1) is 45.1. The van der Waals surface area contributed by atoms with Gasteiger partial charge >= 0.3 is 0 Å². The molecule has 58 heavy (non-hydrogen) atoms. The van der Waals surface area contributed by atoms with Crippen molar-refractivity contribution in [3.8, 4) is 46.5 Å². The maximum atomic E-state index is 6.96. The van der Waals surface area contributed by atoms with E-state index in [9.17, 15) is 0 Å². The molecule has 0 aliphatic carbocycles. The first-order chi connectivity index (χ1) is 26.9. The van der Waals surface area contributed by atoms with Crippen LogP contribution in [-0.4, -0.2) is 19.1 Å². The fourth-order valence-corrected chi connectivity index (χ4v) is 5.64. The molecular weight excluding hydrogens is 1080 g/mol. The molecule has 0 aliphatic rings. The summed E-state index contributed by atoms with van der Waals surface area (Å²) in [5.74, 6) is 2.13. The molecule has 0 radical (unpaired) electrons. The van der Waals surface area contributed by atoms with E-state index in [1.54, 1.807) is 45.8 Å². The van der Waals surface area contributed by atoms with Crippen LogP contribution in [0.2, 0.25) is 0 Å². The van der Waals surface area contributed by atoms with Crippen LogP contribution in [0.4, 0.5) is 0 Å². The molecular formula is C50H40N4O2Pt2-6. The van der Waals surface area contributed by atoms with Crippen molar-refractivity contribution in [1.29, 1.82) is 0 Å². The molecule has 0 fully saturated rings. The second-order valence-electron chi connectivity index (χ2n) is 14.9. The molecule has 298 valence electrons. The van der Waals surface area contributed by atoms with Crippen LogP contribution in [0.15, 0.2) is 134 Å². The zero-order valence-electron chi connectivity index (χ0n) is 32.9. The Morgan fingerprint density at radius 2 is 0.948 bits per heavy atom. The molecule has 0 spiro atoms. The van der Waals surface area contributed by atoms with E-state index in [1.165, 1.54) is 0 Å². The quantitative estimate of drug-likeness (QED) is 0.127. The second kappa shape index (κ2) is 20.2. The summed E-state index contributed by atoms with van der Waals surface area (Å²) >= 11 is 0. The summed E-state index contributed by atoms with van der Waals surface area (Å²) in [4.78, 5) is 8.68. The van der Waals surface area contributed by atoms with Gasteiger partial charge < -0.3 is 66.8 Å². The molecule has 0 aliphatic heterocycles. The van der Waals surface area contributed by atoms with Gasteiger partial charge in [0, 0.05) is 89.8 Å². The monoisotopic (exact) mass is 1120 g/mol. The van der Waals surface area contributed by atoms with Gasteiger partial charge in [0.1, 0.15) is 0 Å². The third kappa shape index (κ3) is 11.7. The van der Waals surface area contributed by atoms with Crippen molar-refractivity contribution in [3.63, 3.8) is 0 Å². The fourth-order valence-electron chi connectivity index (χ4n) is 5.64. The van der Waals surface area contributed by atoms with Crippen LogP contribution in [0, 0.1) is 49.2 Å². The van der Waals surface area contributed by atoms with Crippen molar-refractivity contribution in [1.82, 2.24) is 19.1 Å². The zero-order valence-corrected chi connectivity index (χ0v) is 37.5. The maximum Gasteiger partial charge on any atom is 0.215 e. The van der Waals surface area contributed by atoms with E-state index in [2.05, 4.69) is 87.9 Å². The van der Waals surface area contributed by atoms with E-state index >= 15 is 0 Å². The SMILES string of the molecule is CC(C)(C)c1ccnc(Oc2[c-]c(-c3[c-]ccc(Oc4cc(C(C)(C)C)ccn4)[c-]3)[c-]cc2)c1.[C-]#Cn1ccc2ccccc21.[C-]#Cn1ccc2ccccc21.[Pt].[Pt]. The standard InChI is InChI=1S/C30H28N2O2.2C10H6N.2Pt/c1-29(2,3)23-13-15-31-27(19-23)33-25-11-7-9-21(17-25)22-10-8-12-26(18-22)34-28-20-24(14-16-32-28)30(4,5)6;2*1-2-11-8-7-9-5-3-4-6-10(9)11;;/h7-8,11-16,19-20H,1-6H3;2*3-8H;;/q-4;2*-1;;. The molecule has 4 aromatic heterocycles. The van der Waals surface area contributed by atoms with Gasteiger partial charge in [0.05, 0.1) is 11.0 Å². The molecule has 0 unspecified atom stereocenters. The molecule has 4 heterocycles. The predicted octanol–water partition coefficient (Wildman–Crippen LogP) is 11.6. The number of para-hydroxylation sites is 2. The van der Waals surface area contributed by atoms with Gasteiger partial charge in [0.15, 0.2) is 0 Å². The summed E-state index contributed by atoms with van der Waals surface area (Å²) in [7, 11) is 0. The van der Waals surface area contributed by atoms with Gasteiger partial charge in [-0.3, -0.25) is 12.1 Å². The third-order valence-electron chi connectivity index (χ3n) is 8.74. The molecule has 0 amide bonds. The van der Waals surface area contributed by atoms with E-state index in [-0.39, 0.29) is 53.0 Å². The van der Waals surface area contributed by atoms with Crippen molar-refractivity contribution < 1.29 is 51.6 Å². The van der Waals surface area contributed by atoms with Crippen LogP contribution in [0.1, 0.15) is 52.7 Å². The molecule has 8 rings (SSSR count). The van der Waals surface area contributed by atoms with Gasteiger partial charge in [0.2, 0.25) is 11.8 Å². The van der Waals surface area contributed by atoms with Gasteiger partial charge in [-0.15, -0.1) is 0 Å². The van der Waals surface area contributed by atoms with Crippen LogP contribution < -0.4 is 9.47 Å². The van der Waals surface area contributed by atoms with Gasteiger partial charge in [-0.05, 0) is 58.4 Å². The number of aromatic nitrogens is 4. The summed E-state index contributed by atoms with van der Waals surface area (Å²) < 4.78 is 15.3. The van der Waals surface area contributed by atoms with Crippen molar-refractivity contribution >= 4 is 21.8 Å². The number of nitrogens with zero attached hydrogens (tertiary/aromatic N) is 4. The second-order valence-corrected chi connectivity index (χ2v) is 14.9. The Morgan fingerprint density at radius 1 is 0.552 bits per heavy atom. The molecule has 0 bridgehead atoms. The predicted molar refractivity (Wildman–Crippen MR) is 222 cm³/mol. The van der Waals surface area contributed by atoms with Crippen molar-refractivity contribution in [2.24, 2.45) is 0 Å². The molecule has 0 N–H and O–H groups in total. The Bertz CT molecular complexity index is 2480. The minimum absolute atomic E-state index is 0. The summed E-state index contributed by atoms with van der Waals surface area (Å²) in [6, 6.07) is 52.3. The molecule has 6 nitrogen and oxygen atoms in total. The van der Waals surface area contributed by atoms with Crippen LogP contribution in [0.5, 0.6) is 23.3 Å². The van der Waals surface area contributed by atoms with Crippen molar-refractivity contribution in [2.75, 3.05) is 0 Å². The summed E-state index contributed by atoms with van der Waals surface area (Å²) in [5, 5.41) is 2.29. The summed E-state index contributed by atoms with van der Waals surface area (Å²) in [5.41, 5.74) is 5.72. The number of benzene rings is 4. The van der Waals surface area contributed by atoms with Gasteiger partial charge in [-0.25, -0.2) is 22.1 Å². The Balaban J connectivity index is 0.000000250. The minimum atomic E-state index is 0. The normalized spacial score (nSPS) is 10.6. The average Bonchev–Trinajstić information content (AvgIpc) is 3.82. The Hall–Kier alpha value is -5.64. The first-order valence-corrected chi connectivity index (χ1v) is 18.1. The smallest absolute Gasteiger partial charge is 0.215 e. The van der Waals surface area contributed by atoms with E-state index < -0.39 is 0 Å². The van der Waals surface area contributed by atoms with Crippen molar-refractivity contribution in [2.45, 2.75) is 52.4 Å². The fraction of sp³-hybridized carbons (Fsp3) is 0.160. The summed E-state index contributed by atoms with van der Waals surface area (Å²) in [6.45, 7) is 12.9. The summed E-state index contributed by atoms with van der Waals surface area (Å²) in [6.07, 6.45) is 21.1. The molecule has 8 aromatic rings. The Kier molecular flexibility index (Phi) is 15.7. The van der Waals surface area contributed by atoms with Gasteiger partial charge in [-0.2, -0.15) is 12.1 Å². The maximum absolute atomic E-state index is 6.96. The molecule has 0 saturated carbocycles. The van der Waals surface area contributed by atoms with Crippen molar-refractivity contribution in [3.05, 3.63) is 182 Å². The van der Waals surface area contributed by atoms with E-state index in [0.717, 1.165) is 32.9 Å². The average molecular weight is 1120 g/mol. The van der Waals surface area contributed by atoms with E-state index in [0.29, 0.717) is 34.4 Å². The molecule has 0 atom stereocenters. The minimum Gasteiger partial charge on any atom is -0.669 e. The van der Waals surface area contributed by atoms with Crippen LogP contribution in [0.3, 0.4) is 0 Å². The molecule has 8 heteroatoms. The Morgan fingerprint density at radius 3 is 1.33 bits per heavy atom. The molecule has 4 aromatic carbocycles. The molecule has 0 saturated heterocycles. The number of fused-ring (bicyclic) bond motifs is 2. The van der Waals surface area contributed by atoms with Crippen LogP contribution in [-0.2, 0) is 53.0 Å². The topological polar surface area (TPSA) is 54.1 Å². The number of hydrogen-bond donors (Lipinski definition) is 0. The number of pyridine rings is 2. The van der Waals surface area contributed by atoms with Gasteiger partial charge in [0.25, 0.3) is 0 Å². The van der Waals surface area contributed by atoms with Crippen LogP contribution >= 0.6 is 0 Å². The Labute approximate surface area is 371 Å². The van der Waals surface area contributed by atoms with E-state index in [1.807, 2.05) is 97.3 Å². The number of rotatable bonds is 5. The first-order valence-electron chi connectivity index (χ1n) is 18.1. The zero-order chi connectivity index (χ0) is 39.7. The van der Waals surface area contributed by atoms with Crippen LogP contribution in [0.25, 0.3) is 32.9 Å². The largest absolute Gasteiger partial charge is 0.669 e. The number of ether oxygens (including phenoxy) is 2. The third-order valence-corrected chi connectivity index (χ3v) is 8.74. The van der Waals surface area contributed by atoms with E-state index in [4.69, 9.17) is 22.3 Å². The number of hydrogen-bond acceptors (Lipinski definition) is 4.